The topological polar surface area (TPSA) is 70.7 Å². The lowest BCUT2D eigenvalue weighted by atomic mass is 9.68. The van der Waals surface area contributed by atoms with E-state index in [2.05, 4.69) is 0 Å². The van der Waals surface area contributed by atoms with Crippen LogP contribution in [-0.4, -0.2) is 35.0 Å². The van der Waals surface area contributed by atoms with Crippen LogP contribution in [0, 0.1) is 12.3 Å². The number of carboxylic acid groups (broad SMARTS) is 1. The smallest absolute Gasteiger partial charge is 0.311 e. The van der Waals surface area contributed by atoms with Gasteiger partial charge in [-0.15, -0.1) is 0 Å². The Morgan fingerprint density at radius 3 is 2.43 bits per heavy atom. The molecule has 5 heteroatoms. The van der Waals surface area contributed by atoms with Gasteiger partial charge in [0.25, 0.3) is 5.91 Å². The molecule has 0 aromatic carbocycles. The summed E-state index contributed by atoms with van der Waals surface area (Å²) >= 11 is 0. The van der Waals surface area contributed by atoms with Crippen LogP contribution in [0.2, 0.25) is 0 Å². The van der Waals surface area contributed by atoms with E-state index in [1.54, 1.807) is 6.92 Å². The zero-order chi connectivity index (χ0) is 16.4. The average molecular weight is 319 g/mol. The van der Waals surface area contributed by atoms with Crippen LogP contribution in [0.3, 0.4) is 0 Å². The van der Waals surface area contributed by atoms with Crippen molar-refractivity contribution in [3.05, 3.63) is 23.2 Å². The minimum Gasteiger partial charge on any atom is -0.481 e. The summed E-state index contributed by atoms with van der Waals surface area (Å²) in [4.78, 5) is 25.7. The number of aryl methyl sites for hydroxylation is 1. The normalized spacial score (nSPS) is 20.7. The molecular weight excluding hydrogens is 294 g/mol. The Bertz CT molecular complexity index is 588. The highest BCUT2D eigenvalue weighted by Crippen LogP contribution is 2.44. The van der Waals surface area contributed by atoms with E-state index in [4.69, 9.17) is 9.52 Å². The summed E-state index contributed by atoms with van der Waals surface area (Å²) < 4.78 is 5.30. The van der Waals surface area contributed by atoms with Crippen LogP contribution in [0.4, 0.5) is 0 Å². The molecule has 0 unspecified atom stereocenters. The summed E-state index contributed by atoms with van der Waals surface area (Å²) in [7, 11) is 0. The fourth-order valence-corrected chi connectivity index (χ4v) is 4.20. The van der Waals surface area contributed by atoms with Crippen LogP contribution in [0.1, 0.15) is 66.6 Å². The summed E-state index contributed by atoms with van der Waals surface area (Å²) in [5.74, 6) is -0.774. The molecule has 0 radical (unpaired) electrons. The van der Waals surface area contributed by atoms with Crippen LogP contribution in [-0.2, 0) is 11.2 Å². The van der Waals surface area contributed by atoms with Crippen molar-refractivity contribution in [3.8, 4) is 0 Å². The molecule has 1 aromatic heterocycles. The monoisotopic (exact) mass is 319 g/mol. The fraction of sp³-hybridized carbons (Fsp3) is 0.667. The van der Waals surface area contributed by atoms with Crippen molar-refractivity contribution < 1.29 is 19.1 Å². The largest absolute Gasteiger partial charge is 0.481 e. The zero-order valence-corrected chi connectivity index (χ0v) is 13.8. The lowest BCUT2D eigenvalue weighted by Crippen LogP contribution is -2.44. The second-order valence-electron chi connectivity index (χ2n) is 7.14. The predicted octanol–water partition coefficient (Wildman–Crippen LogP) is 3.40. The second kappa shape index (κ2) is 6.38. The Kier molecular flexibility index (Phi) is 4.46. The molecule has 1 saturated carbocycles. The number of rotatable bonds is 3. The summed E-state index contributed by atoms with van der Waals surface area (Å²) in [5, 5.41) is 8.97. The standard InChI is InChI=1S/C18H25NO4/c1-13-12-23-14(11-15(20)21)16(13)17(22)19-9-7-18(8-10-19)5-3-2-4-6-18/h12H,2-11H2,1H3,(H,20,21). The fourth-order valence-electron chi connectivity index (χ4n) is 4.20. The Morgan fingerprint density at radius 1 is 1.17 bits per heavy atom. The molecule has 5 nitrogen and oxygen atoms in total. The first kappa shape index (κ1) is 16.1. The Balaban J connectivity index is 1.70. The van der Waals surface area contributed by atoms with Crippen molar-refractivity contribution in [2.45, 2.75) is 58.3 Å². The van der Waals surface area contributed by atoms with Gasteiger partial charge >= 0.3 is 5.97 Å². The summed E-state index contributed by atoms with van der Waals surface area (Å²) in [5.41, 5.74) is 1.63. The van der Waals surface area contributed by atoms with E-state index in [0.717, 1.165) is 31.5 Å². The van der Waals surface area contributed by atoms with Crippen LogP contribution in [0.5, 0.6) is 0 Å². The number of carbonyl (C=O) groups is 2. The van der Waals surface area contributed by atoms with Gasteiger partial charge in [-0.3, -0.25) is 9.59 Å². The number of carbonyl (C=O) groups excluding carboxylic acids is 1. The third kappa shape index (κ3) is 3.28. The van der Waals surface area contributed by atoms with Gasteiger partial charge in [0.05, 0.1) is 11.8 Å². The minimum atomic E-state index is -0.979. The lowest BCUT2D eigenvalue weighted by Gasteiger charge is -2.44. The van der Waals surface area contributed by atoms with Crippen LogP contribution < -0.4 is 0 Å². The number of furan rings is 1. The molecule has 1 spiro atoms. The van der Waals surface area contributed by atoms with Gasteiger partial charge in [0, 0.05) is 18.7 Å². The molecule has 3 rings (SSSR count). The molecule has 126 valence electrons. The number of piperidine rings is 1. The van der Waals surface area contributed by atoms with Gasteiger partial charge in [0.1, 0.15) is 12.2 Å². The van der Waals surface area contributed by atoms with Gasteiger partial charge in [-0.1, -0.05) is 19.3 Å². The molecule has 1 saturated heterocycles. The Labute approximate surface area is 136 Å². The number of hydrogen-bond donors (Lipinski definition) is 1. The molecule has 23 heavy (non-hydrogen) atoms. The first-order valence-corrected chi connectivity index (χ1v) is 8.59. The summed E-state index contributed by atoms with van der Waals surface area (Å²) in [6.45, 7) is 3.35. The third-order valence-corrected chi connectivity index (χ3v) is 5.60. The quantitative estimate of drug-likeness (QED) is 0.927. The molecule has 1 aliphatic carbocycles. The minimum absolute atomic E-state index is 0.0711. The molecule has 0 atom stereocenters. The van der Waals surface area contributed by atoms with E-state index >= 15 is 0 Å². The van der Waals surface area contributed by atoms with Crippen molar-refractivity contribution in [1.82, 2.24) is 4.90 Å². The number of likely N-dealkylation sites (tertiary alicyclic amines) is 1. The molecule has 1 aliphatic heterocycles. The maximum Gasteiger partial charge on any atom is 0.311 e. The van der Waals surface area contributed by atoms with Crippen molar-refractivity contribution >= 4 is 11.9 Å². The molecule has 2 fully saturated rings. The Hall–Kier alpha value is -1.78. The SMILES string of the molecule is Cc1coc(CC(=O)O)c1C(=O)N1CCC2(CCCCC2)CC1. The maximum absolute atomic E-state index is 12.8. The lowest BCUT2D eigenvalue weighted by molar-refractivity contribution is -0.136. The zero-order valence-electron chi connectivity index (χ0n) is 13.8. The van der Waals surface area contributed by atoms with E-state index in [9.17, 15) is 9.59 Å². The van der Waals surface area contributed by atoms with Gasteiger partial charge in [-0.25, -0.2) is 0 Å². The van der Waals surface area contributed by atoms with Crippen molar-refractivity contribution in [2.24, 2.45) is 5.41 Å². The number of carboxylic acids is 1. The molecule has 0 bridgehead atoms. The molecule has 2 aliphatic rings. The first-order chi connectivity index (χ1) is 11.0. The van der Waals surface area contributed by atoms with Gasteiger partial charge < -0.3 is 14.4 Å². The Morgan fingerprint density at radius 2 is 1.83 bits per heavy atom. The highest BCUT2D eigenvalue weighted by atomic mass is 16.4. The number of hydrogen-bond acceptors (Lipinski definition) is 3. The van der Waals surface area contributed by atoms with E-state index in [-0.39, 0.29) is 18.1 Å². The molecule has 1 amide bonds. The molecular formula is C18H25NO4. The maximum atomic E-state index is 12.8. The van der Waals surface area contributed by atoms with Crippen LogP contribution in [0.15, 0.2) is 10.7 Å². The van der Waals surface area contributed by atoms with E-state index < -0.39 is 5.97 Å². The first-order valence-electron chi connectivity index (χ1n) is 8.59. The van der Waals surface area contributed by atoms with Crippen LogP contribution >= 0.6 is 0 Å². The average Bonchev–Trinajstić information content (AvgIpc) is 2.88. The van der Waals surface area contributed by atoms with Crippen molar-refractivity contribution in [1.29, 1.82) is 0 Å². The highest BCUT2D eigenvalue weighted by molar-refractivity contribution is 5.97. The summed E-state index contributed by atoms with van der Waals surface area (Å²) in [6, 6.07) is 0. The number of aliphatic carboxylic acids is 1. The van der Waals surface area contributed by atoms with Crippen molar-refractivity contribution in [2.75, 3.05) is 13.1 Å². The number of nitrogens with zero attached hydrogens (tertiary/aromatic N) is 1. The van der Waals surface area contributed by atoms with Crippen molar-refractivity contribution in [3.63, 3.8) is 0 Å². The molecule has 2 heterocycles. The van der Waals surface area contributed by atoms with Gasteiger partial charge in [0.2, 0.25) is 0 Å². The van der Waals surface area contributed by atoms with E-state index in [1.807, 2.05) is 4.90 Å². The van der Waals surface area contributed by atoms with E-state index in [1.165, 1.54) is 38.4 Å². The third-order valence-electron chi connectivity index (χ3n) is 5.60. The molecule has 1 N–H and O–H groups in total. The predicted molar refractivity (Wildman–Crippen MR) is 85.4 cm³/mol. The van der Waals surface area contributed by atoms with E-state index in [0.29, 0.717) is 11.0 Å². The van der Waals surface area contributed by atoms with Gasteiger partial charge in [-0.05, 0) is 38.0 Å². The molecule has 1 aromatic rings. The van der Waals surface area contributed by atoms with Gasteiger partial charge in [-0.2, -0.15) is 0 Å². The van der Waals surface area contributed by atoms with Crippen LogP contribution in [0.25, 0.3) is 0 Å². The summed E-state index contributed by atoms with van der Waals surface area (Å²) in [6.07, 6.45) is 9.96. The number of amides is 1. The highest BCUT2D eigenvalue weighted by Gasteiger charge is 2.37. The van der Waals surface area contributed by atoms with Gasteiger partial charge in [0.15, 0.2) is 0 Å². The second-order valence-corrected chi connectivity index (χ2v) is 7.14.